The van der Waals surface area contributed by atoms with Gasteiger partial charge in [-0.25, -0.2) is 0 Å². The Bertz CT molecular complexity index is 551. The van der Waals surface area contributed by atoms with Crippen molar-refractivity contribution in [3.8, 4) is 5.69 Å². The van der Waals surface area contributed by atoms with Crippen molar-refractivity contribution in [2.75, 3.05) is 25.4 Å². The molecular weight excluding hydrogens is 276 g/mol. The Morgan fingerprint density at radius 2 is 1.57 bits per heavy atom. The average Bonchev–Trinajstić information content (AvgIpc) is 2.83. The highest BCUT2D eigenvalue weighted by Crippen LogP contribution is 2.28. The van der Waals surface area contributed by atoms with Crippen LogP contribution in [0.2, 0.25) is 0 Å². The van der Waals surface area contributed by atoms with Crippen molar-refractivity contribution in [3.05, 3.63) is 47.8 Å². The molecule has 0 N–H and O–H groups in total. The minimum atomic E-state index is 1.13. The van der Waals surface area contributed by atoms with E-state index in [1.165, 1.54) is 22.0 Å². The quantitative estimate of drug-likeness (QED) is 0.694. The summed E-state index contributed by atoms with van der Waals surface area (Å²) in [4.78, 5) is 3.84. The second-order valence-electron chi connectivity index (χ2n) is 5.29. The second-order valence-corrected chi connectivity index (χ2v) is 6.43. The van der Waals surface area contributed by atoms with Crippen LogP contribution in [0.4, 0.5) is 0 Å². The SMILES string of the molecule is CCN(CC)CCSc1ccccc1-n1c(C)ccc1C. The lowest BCUT2D eigenvalue weighted by molar-refractivity contribution is 0.324. The number of thioether (sulfide) groups is 1. The van der Waals surface area contributed by atoms with Crippen LogP contribution < -0.4 is 0 Å². The predicted molar refractivity (Wildman–Crippen MR) is 93.8 cm³/mol. The molecule has 0 aliphatic heterocycles. The molecule has 3 heteroatoms. The molecule has 0 aliphatic rings. The number of para-hydroxylation sites is 1. The van der Waals surface area contributed by atoms with Crippen LogP contribution in [0.1, 0.15) is 25.2 Å². The average molecular weight is 302 g/mol. The molecule has 1 heterocycles. The summed E-state index contributed by atoms with van der Waals surface area (Å²) in [7, 11) is 0. The predicted octanol–water partition coefficient (Wildman–Crippen LogP) is 4.53. The zero-order valence-electron chi connectivity index (χ0n) is 13.6. The van der Waals surface area contributed by atoms with E-state index in [-0.39, 0.29) is 0 Å². The third-order valence-electron chi connectivity index (χ3n) is 3.94. The Labute approximate surface area is 133 Å². The molecule has 2 nitrogen and oxygen atoms in total. The number of nitrogens with zero attached hydrogens (tertiary/aromatic N) is 2. The van der Waals surface area contributed by atoms with Gasteiger partial charge in [0.05, 0.1) is 5.69 Å². The largest absolute Gasteiger partial charge is 0.317 e. The maximum atomic E-state index is 2.47. The van der Waals surface area contributed by atoms with Gasteiger partial charge in [0.1, 0.15) is 0 Å². The first-order valence-electron chi connectivity index (χ1n) is 7.76. The molecule has 0 saturated heterocycles. The van der Waals surface area contributed by atoms with Crippen LogP contribution in [-0.2, 0) is 0 Å². The molecule has 0 unspecified atom stereocenters. The van der Waals surface area contributed by atoms with E-state index in [4.69, 9.17) is 0 Å². The number of benzene rings is 1. The molecule has 1 aromatic heterocycles. The number of aryl methyl sites for hydroxylation is 2. The molecule has 21 heavy (non-hydrogen) atoms. The lowest BCUT2D eigenvalue weighted by atomic mass is 10.3. The molecule has 0 saturated carbocycles. The van der Waals surface area contributed by atoms with Gasteiger partial charge in [-0.2, -0.15) is 0 Å². The highest BCUT2D eigenvalue weighted by atomic mass is 32.2. The maximum Gasteiger partial charge on any atom is 0.0590 e. The van der Waals surface area contributed by atoms with Crippen molar-refractivity contribution in [1.29, 1.82) is 0 Å². The highest BCUT2D eigenvalue weighted by Gasteiger charge is 2.09. The van der Waals surface area contributed by atoms with Gasteiger partial charge in [-0.1, -0.05) is 26.0 Å². The van der Waals surface area contributed by atoms with E-state index in [9.17, 15) is 0 Å². The summed E-state index contributed by atoms with van der Waals surface area (Å²) in [5, 5.41) is 0. The fourth-order valence-electron chi connectivity index (χ4n) is 2.64. The topological polar surface area (TPSA) is 8.17 Å². The minimum Gasteiger partial charge on any atom is -0.317 e. The molecule has 1 aromatic carbocycles. The third-order valence-corrected chi connectivity index (χ3v) is 4.98. The molecule has 2 rings (SSSR count). The number of hydrogen-bond acceptors (Lipinski definition) is 2. The zero-order valence-corrected chi connectivity index (χ0v) is 14.4. The van der Waals surface area contributed by atoms with Crippen molar-refractivity contribution in [3.63, 3.8) is 0 Å². The minimum absolute atomic E-state index is 1.13. The summed E-state index contributed by atoms with van der Waals surface area (Å²) >= 11 is 1.96. The normalized spacial score (nSPS) is 11.3. The summed E-state index contributed by atoms with van der Waals surface area (Å²) in [6.07, 6.45) is 0. The van der Waals surface area contributed by atoms with Gasteiger partial charge in [0, 0.05) is 28.6 Å². The van der Waals surface area contributed by atoms with Crippen LogP contribution in [0.5, 0.6) is 0 Å². The second kappa shape index (κ2) is 7.71. The van der Waals surface area contributed by atoms with Gasteiger partial charge in [-0.15, -0.1) is 11.8 Å². The lowest BCUT2D eigenvalue weighted by Gasteiger charge is -2.18. The summed E-state index contributed by atoms with van der Waals surface area (Å²) in [6.45, 7) is 12.2. The number of aromatic nitrogens is 1. The number of hydrogen-bond donors (Lipinski definition) is 0. The van der Waals surface area contributed by atoms with E-state index in [1.54, 1.807) is 0 Å². The Morgan fingerprint density at radius 1 is 0.952 bits per heavy atom. The lowest BCUT2D eigenvalue weighted by Crippen LogP contribution is -2.25. The van der Waals surface area contributed by atoms with Crippen LogP contribution in [0.15, 0.2) is 41.3 Å². The monoisotopic (exact) mass is 302 g/mol. The van der Waals surface area contributed by atoms with E-state index in [2.05, 4.69) is 73.6 Å². The van der Waals surface area contributed by atoms with Crippen molar-refractivity contribution < 1.29 is 0 Å². The van der Waals surface area contributed by atoms with Crippen molar-refractivity contribution in [2.24, 2.45) is 0 Å². The summed E-state index contributed by atoms with van der Waals surface area (Å²) in [6, 6.07) is 13.1. The van der Waals surface area contributed by atoms with Gasteiger partial charge < -0.3 is 9.47 Å². The molecule has 0 amide bonds. The van der Waals surface area contributed by atoms with Gasteiger partial charge in [0.15, 0.2) is 0 Å². The standard InChI is InChI=1S/C18H26N2S/c1-5-19(6-2)13-14-21-18-10-8-7-9-17(18)20-15(3)11-12-16(20)4/h7-12H,5-6,13-14H2,1-4H3. The molecule has 2 aromatic rings. The molecule has 0 spiro atoms. The molecule has 114 valence electrons. The van der Waals surface area contributed by atoms with E-state index in [0.717, 1.165) is 25.4 Å². The van der Waals surface area contributed by atoms with Crippen LogP contribution >= 0.6 is 11.8 Å². The van der Waals surface area contributed by atoms with Gasteiger partial charge >= 0.3 is 0 Å². The highest BCUT2D eigenvalue weighted by molar-refractivity contribution is 7.99. The molecule has 0 fully saturated rings. The van der Waals surface area contributed by atoms with Crippen LogP contribution in [0.25, 0.3) is 5.69 Å². The molecule has 0 atom stereocenters. The Hall–Kier alpha value is -1.19. The third kappa shape index (κ3) is 3.92. The van der Waals surface area contributed by atoms with Gasteiger partial charge in [-0.3, -0.25) is 0 Å². The van der Waals surface area contributed by atoms with Crippen molar-refractivity contribution >= 4 is 11.8 Å². The van der Waals surface area contributed by atoms with E-state index >= 15 is 0 Å². The Kier molecular flexibility index (Phi) is 5.95. The fourth-order valence-corrected chi connectivity index (χ4v) is 3.69. The zero-order chi connectivity index (χ0) is 15.2. The van der Waals surface area contributed by atoms with E-state index < -0.39 is 0 Å². The Morgan fingerprint density at radius 3 is 2.19 bits per heavy atom. The smallest absolute Gasteiger partial charge is 0.0590 e. The summed E-state index contributed by atoms with van der Waals surface area (Å²) in [5.74, 6) is 1.14. The van der Waals surface area contributed by atoms with Gasteiger partial charge in [0.2, 0.25) is 0 Å². The van der Waals surface area contributed by atoms with Crippen molar-refractivity contribution in [2.45, 2.75) is 32.6 Å². The van der Waals surface area contributed by atoms with E-state index in [0.29, 0.717) is 0 Å². The first kappa shape index (κ1) is 16.2. The van der Waals surface area contributed by atoms with Gasteiger partial charge in [-0.05, 0) is 51.2 Å². The summed E-state index contributed by atoms with van der Waals surface area (Å²) < 4.78 is 2.35. The van der Waals surface area contributed by atoms with E-state index in [1.807, 2.05) is 11.8 Å². The first-order chi connectivity index (χ1) is 10.2. The van der Waals surface area contributed by atoms with Crippen molar-refractivity contribution in [1.82, 2.24) is 9.47 Å². The molecule has 0 bridgehead atoms. The van der Waals surface area contributed by atoms with Crippen LogP contribution in [-0.4, -0.2) is 34.9 Å². The van der Waals surface area contributed by atoms with Crippen LogP contribution in [0, 0.1) is 13.8 Å². The fraction of sp³-hybridized carbons (Fsp3) is 0.444. The Balaban J connectivity index is 2.15. The van der Waals surface area contributed by atoms with Crippen LogP contribution in [0.3, 0.4) is 0 Å². The molecular formula is C18H26N2S. The molecule has 0 aliphatic carbocycles. The number of rotatable bonds is 7. The maximum absolute atomic E-state index is 2.47. The van der Waals surface area contributed by atoms with Gasteiger partial charge in [0.25, 0.3) is 0 Å². The molecule has 0 radical (unpaired) electrons. The first-order valence-corrected chi connectivity index (χ1v) is 8.75. The summed E-state index contributed by atoms with van der Waals surface area (Å²) in [5.41, 5.74) is 3.90.